The van der Waals surface area contributed by atoms with Crippen LogP contribution in [0.3, 0.4) is 0 Å². The van der Waals surface area contributed by atoms with Gasteiger partial charge in [-0.25, -0.2) is 4.57 Å². The predicted octanol–water partition coefficient (Wildman–Crippen LogP) is -0.772. The molecular formula is H6CoNNiO4P. The van der Waals surface area contributed by atoms with E-state index in [1.807, 2.05) is 0 Å². The number of rotatable bonds is 0. The van der Waals surface area contributed by atoms with E-state index in [1.165, 1.54) is 0 Å². The van der Waals surface area contributed by atoms with Crippen LogP contribution in [0.25, 0.3) is 0 Å². The summed E-state index contributed by atoms with van der Waals surface area (Å²) >= 11 is 0. The normalized spacial score (nSPS) is 7.38. The van der Waals surface area contributed by atoms with Gasteiger partial charge < -0.3 is 20.8 Å². The van der Waals surface area contributed by atoms with Gasteiger partial charge in [0.05, 0.1) is 0 Å². The van der Waals surface area contributed by atoms with Crippen molar-refractivity contribution in [2.24, 2.45) is 0 Å². The molecule has 0 rings (SSSR count). The van der Waals surface area contributed by atoms with E-state index in [2.05, 4.69) is 0 Å². The average molecular weight is 233 g/mol. The Balaban J connectivity index is -0.0000000267. The van der Waals surface area contributed by atoms with Crippen LogP contribution in [-0.2, 0) is 37.8 Å². The topological polar surface area (TPSA) is 113 Å². The molecule has 0 atom stereocenters. The molecule has 1 radical (unpaired) electrons. The van der Waals surface area contributed by atoms with E-state index >= 15 is 0 Å². The monoisotopic (exact) mass is 232 g/mol. The van der Waals surface area contributed by atoms with Gasteiger partial charge in [-0.15, -0.1) is 0 Å². The van der Waals surface area contributed by atoms with Crippen LogP contribution in [0.5, 0.6) is 0 Å². The Kier molecular flexibility index (Phi) is 23.2. The van der Waals surface area contributed by atoms with E-state index in [1.54, 1.807) is 0 Å². The van der Waals surface area contributed by atoms with Gasteiger partial charge in [-0.05, 0) is 0 Å². The molecule has 0 aromatic rings. The van der Waals surface area contributed by atoms with E-state index in [9.17, 15) is 0 Å². The molecule has 8 heteroatoms. The molecule has 0 bridgehead atoms. The quantitative estimate of drug-likeness (QED) is 0.324. The summed E-state index contributed by atoms with van der Waals surface area (Å²) in [6, 6.07) is 0. The Bertz CT molecular complexity index is 62.2. The molecule has 0 fully saturated rings. The van der Waals surface area contributed by atoms with Crippen LogP contribution >= 0.6 is 7.82 Å². The Morgan fingerprint density at radius 2 is 1.12 bits per heavy atom. The third-order valence-corrected chi connectivity index (χ3v) is 0. The average Bonchev–Trinajstić information content (AvgIpc) is 0.722. The van der Waals surface area contributed by atoms with Crippen LogP contribution in [0.2, 0.25) is 0 Å². The largest absolute Gasteiger partial charge is 0.466 e. The van der Waals surface area contributed by atoms with Crippen molar-refractivity contribution in [1.29, 1.82) is 0 Å². The van der Waals surface area contributed by atoms with E-state index < -0.39 is 7.82 Å². The van der Waals surface area contributed by atoms with Gasteiger partial charge in [0.25, 0.3) is 0 Å². The summed E-state index contributed by atoms with van der Waals surface area (Å²) in [7, 11) is -4.64. The van der Waals surface area contributed by atoms with E-state index in [4.69, 9.17) is 19.2 Å². The van der Waals surface area contributed by atoms with Crippen LogP contribution < -0.4 is 6.15 Å². The fraction of sp³-hybridized carbons (Fsp3) is 0. The Labute approximate surface area is 66.8 Å². The molecule has 0 saturated carbocycles. The van der Waals surface area contributed by atoms with Gasteiger partial charge in [0.1, 0.15) is 0 Å². The van der Waals surface area contributed by atoms with Gasteiger partial charge >= 0.3 is 7.82 Å². The van der Waals surface area contributed by atoms with Crippen molar-refractivity contribution in [3.05, 3.63) is 0 Å². The van der Waals surface area contributed by atoms with Gasteiger partial charge in [0.15, 0.2) is 0 Å². The molecule has 0 aliphatic carbocycles. The first-order chi connectivity index (χ1) is 2.00. The number of phosphoric acid groups is 1. The van der Waals surface area contributed by atoms with Crippen molar-refractivity contribution in [3.8, 4) is 0 Å². The van der Waals surface area contributed by atoms with Crippen LogP contribution in [0.4, 0.5) is 0 Å². The molecule has 0 aliphatic heterocycles. The second-order valence-electron chi connectivity index (χ2n) is 0.513. The van der Waals surface area contributed by atoms with Crippen molar-refractivity contribution in [2.45, 2.75) is 0 Å². The molecule has 6 N–H and O–H groups in total. The van der Waals surface area contributed by atoms with Gasteiger partial charge in [-0.2, -0.15) is 0 Å². The summed E-state index contributed by atoms with van der Waals surface area (Å²) < 4.78 is 8.88. The summed E-state index contributed by atoms with van der Waals surface area (Å²) in [5.74, 6) is 0. The minimum Gasteiger partial charge on any atom is -0.344 e. The van der Waals surface area contributed by atoms with Crippen LogP contribution in [-0.4, -0.2) is 14.7 Å². The van der Waals surface area contributed by atoms with Crippen molar-refractivity contribution in [2.75, 3.05) is 0 Å². The molecule has 0 unspecified atom stereocenters. The molecule has 0 spiro atoms. The minimum absolute atomic E-state index is 0. The summed E-state index contributed by atoms with van der Waals surface area (Å²) in [6.45, 7) is 0. The zero-order valence-corrected chi connectivity index (χ0v) is 6.48. The number of hydrogen-bond donors (Lipinski definition) is 4. The molecule has 0 aromatic carbocycles. The van der Waals surface area contributed by atoms with Crippen LogP contribution in [0.1, 0.15) is 0 Å². The van der Waals surface area contributed by atoms with Crippen LogP contribution in [0, 0.1) is 0 Å². The molecule has 5 nitrogen and oxygen atoms in total. The third kappa shape index (κ3) is 228. The van der Waals surface area contributed by atoms with Gasteiger partial charge in [0, 0.05) is 33.3 Å². The van der Waals surface area contributed by atoms with Gasteiger partial charge in [0.2, 0.25) is 0 Å². The maximum absolute atomic E-state index is 8.88. The zero-order chi connectivity index (χ0) is 4.50. The Hall–Kier alpha value is 1.07. The Morgan fingerprint density at radius 3 is 1.12 bits per heavy atom. The molecule has 0 aliphatic rings. The maximum Gasteiger partial charge on any atom is 0.466 e. The van der Waals surface area contributed by atoms with Crippen molar-refractivity contribution in [3.63, 3.8) is 0 Å². The molecule has 59 valence electrons. The predicted molar refractivity (Wildman–Crippen MR) is 19.3 cm³/mol. The fourth-order valence-electron chi connectivity index (χ4n) is 0. The van der Waals surface area contributed by atoms with E-state index in [-0.39, 0.29) is 39.4 Å². The molecule has 8 heavy (non-hydrogen) atoms. The second-order valence-corrected chi connectivity index (χ2v) is 1.54. The van der Waals surface area contributed by atoms with Crippen LogP contribution in [0.15, 0.2) is 0 Å². The first-order valence-corrected chi connectivity index (χ1v) is 2.35. The maximum atomic E-state index is 8.88. The van der Waals surface area contributed by atoms with E-state index in [0.29, 0.717) is 0 Å². The summed E-state index contributed by atoms with van der Waals surface area (Å²) in [6.07, 6.45) is 0. The standard InChI is InChI=1S/Co.H3N.Ni.H3O4P/c;;;1-5(2,3)4/h;1H3;;(H3,1,2,3,4). The Morgan fingerprint density at radius 1 is 1.12 bits per heavy atom. The molecular weight excluding hydrogens is 227 g/mol. The van der Waals surface area contributed by atoms with Crippen molar-refractivity contribution in [1.82, 2.24) is 6.15 Å². The SMILES string of the molecule is N.O=P(O)(O)O.[Co].[Ni]. The first kappa shape index (κ1) is 23.0. The third-order valence-electron chi connectivity index (χ3n) is 0. The van der Waals surface area contributed by atoms with Crippen molar-refractivity contribution < 1.29 is 52.5 Å². The summed E-state index contributed by atoms with van der Waals surface area (Å²) in [5, 5.41) is 0. The molecule has 0 heterocycles. The van der Waals surface area contributed by atoms with Crippen molar-refractivity contribution >= 4 is 7.82 Å². The zero-order valence-electron chi connectivity index (χ0n) is 3.55. The smallest absolute Gasteiger partial charge is 0.344 e. The molecule has 0 aromatic heterocycles. The molecule has 0 saturated heterocycles. The minimum atomic E-state index is -4.64. The van der Waals surface area contributed by atoms with Gasteiger partial charge in [-0.3, -0.25) is 0 Å². The second kappa shape index (κ2) is 8.07. The summed E-state index contributed by atoms with van der Waals surface area (Å²) in [4.78, 5) is 21.6. The first-order valence-electron chi connectivity index (χ1n) is 0.783. The number of hydrogen-bond acceptors (Lipinski definition) is 2. The molecule has 0 amide bonds. The summed E-state index contributed by atoms with van der Waals surface area (Å²) in [5.41, 5.74) is 0. The van der Waals surface area contributed by atoms with E-state index in [0.717, 1.165) is 0 Å². The fourth-order valence-corrected chi connectivity index (χ4v) is 0. The van der Waals surface area contributed by atoms with Gasteiger partial charge in [-0.1, -0.05) is 0 Å².